The van der Waals surface area contributed by atoms with E-state index in [1.54, 1.807) is 17.9 Å². The van der Waals surface area contributed by atoms with Gasteiger partial charge in [-0.25, -0.2) is 9.48 Å². The van der Waals surface area contributed by atoms with Crippen molar-refractivity contribution in [3.05, 3.63) is 82.5 Å². The predicted molar refractivity (Wildman–Crippen MR) is 119 cm³/mol. The van der Waals surface area contributed by atoms with Gasteiger partial charge in [0, 0.05) is 34.9 Å². The highest BCUT2D eigenvalue weighted by atomic mass is 35.5. The molecule has 4 rings (SSSR count). The smallest absolute Gasteiger partial charge is 0.331 e. The number of esters is 1. The number of hydrogen-bond donors (Lipinski definition) is 0. The summed E-state index contributed by atoms with van der Waals surface area (Å²) in [4.78, 5) is 12.2. The molecule has 0 bridgehead atoms. The van der Waals surface area contributed by atoms with Crippen LogP contribution in [0.2, 0.25) is 4.34 Å². The Bertz CT molecular complexity index is 1200. The predicted octanol–water partition coefficient (Wildman–Crippen LogP) is 4.81. The molecule has 0 spiro atoms. The van der Waals surface area contributed by atoms with Crippen LogP contribution in [0.15, 0.2) is 66.9 Å². The van der Waals surface area contributed by atoms with Crippen molar-refractivity contribution in [2.75, 3.05) is 7.11 Å². The van der Waals surface area contributed by atoms with Crippen LogP contribution >= 0.6 is 23.1 Å². The van der Waals surface area contributed by atoms with E-state index in [9.17, 15) is 4.79 Å². The van der Waals surface area contributed by atoms with Gasteiger partial charge >= 0.3 is 5.97 Å². The fourth-order valence-electron chi connectivity index (χ4n) is 2.82. The zero-order valence-corrected chi connectivity index (χ0v) is 18.0. The van der Waals surface area contributed by atoms with Gasteiger partial charge in [0.25, 0.3) is 0 Å². The van der Waals surface area contributed by atoms with Gasteiger partial charge in [0.2, 0.25) is 0 Å². The van der Waals surface area contributed by atoms with Gasteiger partial charge in [0.15, 0.2) is 0 Å². The molecule has 2 aromatic heterocycles. The summed E-state index contributed by atoms with van der Waals surface area (Å²) in [5.74, 6) is 0.235. The van der Waals surface area contributed by atoms with E-state index < -0.39 is 5.97 Å². The SMILES string of the molecule is COc1ccc(-c2nn(-c3ccccc3)cc2/C=C/C(=O)OCc2nnsc2Cl)cc1. The van der Waals surface area contributed by atoms with Gasteiger partial charge in [-0.05, 0) is 42.5 Å². The summed E-state index contributed by atoms with van der Waals surface area (Å²) < 4.78 is 16.3. The Balaban J connectivity index is 1.60. The van der Waals surface area contributed by atoms with Crippen molar-refractivity contribution in [2.24, 2.45) is 0 Å². The number of hydrogen-bond acceptors (Lipinski definition) is 7. The van der Waals surface area contributed by atoms with E-state index in [4.69, 9.17) is 26.2 Å². The Kier molecular flexibility index (Phi) is 6.40. The molecule has 0 aliphatic heterocycles. The number of rotatable bonds is 7. The molecular weight excluding hydrogens is 436 g/mol. The van der Waals surface area contributed by atoms with Crippen LogP contribution in [-0.2, 0) is 16.1 Å². The van der Waals surface area contributed by atoms with Gasteiger partial charge in [-0.1, -0.05) is 34.3 Å². The first-order valence-corrected chi connectivity index (χ1v) is 10.4. The first-order valence-electron chi connectivity index (χ1n) is 9.25. The number of methoxy groups -OCH3 is 1. The number of carbonyl (C=O) groups is 1. The van der Waals surface area contributed by atoms with Crippen LogP contribution in [0.1, 0.15) is 11.3 Å². The summed E-state index contributed by atoms with van der Waals surface area (Å²) in [6.45, 7) is -0.0346. The Morgan fingerprint density at radius 2 is 1.94 bits per heavy atom. The fraction of sp³-hybridized carbons (Fsp3) is 0.0909. The van der Waals surface area contributed by atoms with Crippen LogP contribution in [0.5, 0.6) is 5.75 Å². The lowest BCUT2D eigenvalue weighted by molar-refractivity contribution is -0.139. The van der Waals surface area contributed by atoms with E-state index in [0.29, 0.717) is 10.0 Å². The van der Waals surface area contributed by atoms with Crippen LogP contribution in [0, 0.1) is 0 Å². The molecule has 2 aromatic carbocycles. The number of aromatic nitrogens is 4. The van der Waals surface area contributed by atoms with Crippen molar-refractivity contribution in [2.45, 2.75) is 6.61 Å². The van der Waals surface area contributed by atoms with E-state index in [1.807, 2.05) is 60.8 Å². The summed E-state index contributed by atoms with van der Waals surface area (Å²) in [5.41, 5.74) is 3.72. The minimum Gasteiger partial charge on any atom is -0.497 e. The number of benzene rings is 2. The molecule has 0 saturated carbocycles. The molecular formula is C22H17ClN4O3S. The molecule has 9 heteroatoms. The highest BCUT2D eigenvalue weighted by molar-refractivity contribution is 7.10. The molecule has 0 aliphatic carbocycles. The van der Waals surface area contributed by atoms with E-state index in [2.05, 4.69) is 9.59 Å². The lowest BCUT2D eigenvalue weighted by Gasteiger charge is -2.03. The maximum atomic E-state index is 12.2. The highest BCUT2D eigenvalue weighted by Crippen LogP contribution is 2.27. The van der Waals surface area contributed by atoms with Gasteiger partial charge < -0.3 is 9.47 Å². The van der Waals surface area contributed by atoms with Gasteiger partial charge in [-0.15, -0.1) is 5.10 Å². The van der Waals surface area contributed by atoms with Crippen molar-refractivity contribution in [1.29, 1.82) is 0 Å². The summed E-state index contributed by atoms with van der Waals surface area (Å²) in [6.07, 6.45) is 4.89. The molecule has 0 radical (unpaired) electrons. The Morgan fingerprint density at radius 3 is 2.61 bits per heavy atom. The first-order chi connectivity index (χ1) is 15.1. The molecule has 0 fully saturated rings. The fourth-order valence-corrected chi connectivity index (χ4v) is 3.43. The normalized spacial score (nSPS) is 11.0. The largest absolute Gasteiger partial charge is 0.497 e. The molecule has 0 saturated heterocycles. The highest BCUT2D eigenvalue weighted by Gasteiger charge is 2.12. The maximum absolute atomic E-state index is 12.2. The molecule has 156 valence electrons. The summed E-state index contributed by atoms with van der Waals surface area (Å²) >= 11 is 6.98. The number of halogens is 1. The van der Waals surface area contributed by atoms with Crippen LogP contribution in [0.3, 0.4) is 0 Å². The average molecular weight is 453 g/mol. The van der Waals surface area contributed by atoms with Crippen LogP contribution in [0.4, 0.5) is 0 Å². The summed E-state index contributed by atoms with van der Waals surface area (Å²) in [6, 6.07) is 17.3. The Labute approximate surface area is 187 Å². The standard InChI is InChI=1S/C22H17ClN4O3S/c1-29-18-10-7-15(8-11-18)21-16(13-27(25-21)17-5-3-2-4-6-17)9-12-20(28)30-14-19-22(23)31-26-24-19/h2-13H,14H2,1H3/b12-9+. The van der Waals surface area contributed by atoms with E-state index in [0.717, 1.165) is 39.8 Å². The van der Waals surface area contributed by atoms with Crippen molar-refractivity contribution in [3.63, 3.8) is 0 Å². The molecule has 31 heavy (non-hydrogen) atoms. The van der Waals surface area contributed by atoms with Gasteiger partial charge in [-0.2, -0.15) is 5.10 Å². The van der Waals surface area contributed by atoms with Gasteiger partial charge in [0.05, 0.1) is 18.5 Å². The first kappa shape index (κ1) is 20.8. The average Bonchev–Trinajstić information content (AvgIpc) is 3.43. The molecule has 0 amide bonds. The minimum absolute atomic E-state index is 0.0346. The Hall–Kier alpha value is -3.49. The maximum Gasteiger partial charge on any atom is 0.331 e. The lowest BCUT2D eigenvalue weighted by Crippen LogP contribution is -2.01. The third-order valence-corrected chi connectivity index (χ3v) is 5.37. The third kappa shape index (κ3) is 4.99. The van der Waals surface area contributed by atoms with E-state index in [1.165, 1.54) is 6.08 Å². The topological polar surface area (TPSA) is 79.1 Å². The van der Waals surface area contributed by atoms with Gasteiger partial charge in [-0.3, -0.25) is 0 Å². The molecule has 0 aliphatic rings. The molecule has 0 unspecified atom stereocenters. The molecule has 2 heterocycles. The number of carbonyl (C=O) groups excluding carboxylic acids is 1. The van der Waals surface area contributed by atoms with E-state index in [-0.39, 0.29) is 6.61 Å². The number of nitrogens with zero attached hydrogens (tertiary/aromatic N) is 4. The van der Waals surface area contributed by atoms with Crippen molar-refractivity contribution >= 4 is 35.2 Å². The molecule has 4 aromatic rings. The number of ether oxygens (including phenoxy) is 2. The zero-order valence-electron chi connectivity index (χ0n) is 16.4. The zero-order chi connectivity index (χ0) is 21.6. The van der Waals surface area contributed by atoms with Crippen molar-refractivity contribution in [1.82, 2.24) is 19.4 Å². The van der Waals surface area contributed by atoms with Crippen LogP contribution in [0.25, 0.3) is 23.0 Å². The summed E-state index contributed by atoms with van der Waals surface area (Å²) in [5, 5.41) is 8.54. The Morgan fingerprint density at radius 1 is 1.16 bits per heavy atom. The second-order valence-corrected chi connectivity index (χ2v) is 7.73. The third-order valence-electron chi connectivity index (χ3n) is 4.39. The van der Waals surface area contributed by atoms with Crippen molar-refractivity contribution < 1.29 is 14.3 Å². The number of para-hydroxylation sites is 1. The monoisotopic (exact) mass is 452 g/mol. The van der Waals surface area contributed by atoms with E-state index >= 15 is 0 Å². The van der Waals surface area contributed by atoms with Crippen LogP contribution < -0.4 is 4.74 Å². The minimum atomic E-state index is -0.516. The van der Waals surface area contributed by atoms with Crippen LogP contribution in [-0.4, -0.2) is 32.4 Å². The lowest BCUT2D eigenvalue weighted by atomic mass is 10.1. The second kappa shape index (κ2) is 9.55. The summed E-state index contributed by atoms with van der Waals surface area (Å²) in [7, 11) is 1.62. The molecule has 0 N–H and O–H groups in total. The molecule has 0 atom stereocenters. The second-order valence-electron chi connectivity index (χ2n) is 6.38. The van der Waals surface area contributed by atoms with Gasteiger partial charge in [0.1, 0.15) is 22.4 Å². The molecule has 7 nitrogen and oxygen atoms in total. The quantitative estimate of drug-likeness (QED) is 0.296. The van der Waals surface area contributed by atoms with Crippen molar-refractivity contribution in [3.8, 4) is 22.7 Å².